The van der Waals surface area contributed by atoms with E-state index in [0.717, 1.165) is 0 Å². The molecule has 1 amide bonds. The molecule has 1 aliphatic heterocycles. The van der Waals surface area contributed by atoms with Crippen LogP contribution in [0.25, 0.3) is 10.9 Å². The fourth-order valence-electron chi connectivity index (χ4n) is 3.39. The van der Waals surface area contributed by atoms with Gasteiger partial charge in [-0.15, -0.1) is 0 Å². The highest BCUT2D eigenvalue weighted by molar-refractivity contribution is 5.95. The number of hydrogen-bond acceptors (Lipinski definition) is 4. The molecule has 0 aliphatic carbocycles. The number of methoxy groups -OCH3 is 1. The van der Waals surface area contributed by atoms with E-state index >= 15 is 0 Å². The second kappa shape index (κ2) is 7.06. The molecule has 1 aromatic carbocycles. The number of carbonyl (C=O) groups is 1. The maximum atomic E-state index is 13.9. The third kappa shape index (κ3) is 3.50. The Hall–Kier alpha value is -2.05. The lowest BCUT2D eigenvalue weighted by Crippen LogP contribution is -2.53. The molecule has 3 rings (SSSR count). The van der Waals surface area contributed by atoms with Crippen LogP contribution in [0.15, 0.2) is 30.3 Å². The number of likely N-dealkylation sites (tertiary alicyclic amines) is 1. The maximum absolute atomic E-state index is 13.9. The molecule has 2 atom stereocenters. The van der Waals surface area contributed by atoms with E-state index in [1.165, 1.54) is 6.07 Å². The first-order valence-corrected chi connectivity index (χ1v) is 8.50. The van der Waals surface area contributed by atoms with Crippen molar-refractivity contribution in [1.82, 2.24) is 9.88 Å². The number of aromatic nitrogens is 1. The van der Waals surface area contributed by atoms with Crippen LogP contribution in [0.1, 0.15) is 30.3 Å². The Balaban J connectivity index is 1.77. The SMILES string of the molecule is COCC[C@]1(O)CCN(C(=O)c2ccc3cccc(F)c3n2)C[C@H]1C. The summed E-state index contributed by atoms with van der Waals surface area (Å²) in [6.07, 6.45) is 1.04. The minimum absolute atomic E-state index is 0.0717. The van der Waals surface area contributed by atoms with Gasteiger partial charge in [0.25, 0.3) is 5.91 Å². The molecule has 1 fully saturated rings. The number of para-hydroxylation sites is 1. The normalized spacial score (nSPS) is 23.8. The van der Waals surface area contributed by atoms with Gasteiger partial charge in [0.05, 0.1) is 5.60 Å². The Morgan fingerprint density at radius 1 is 1.44 bits per heavy atom. The van der Waals surface area contributed by atoms with Gasteiger partial charge in [0.15, 0.2) is 0 Å². The number of carbonyl (C=O) groups excluding carboxylic acids is 1. The van der Waals surface area contributed by atoms with Crippen LogP contribution in [0.2, 0.25) is 0 Å². The van der Waals surface area contributed by atoms with Crippen molar-refractivity contribution in [3.8, 4) is 0 Å². The topological polar surface area (TPSA) is 62.7 Å². The zero-order valence-electron chi connectivity index (χ0n) is 14.5. The second-order valence-electron chi connectivity index (χ2n) is 6.76. The van der Waals surface area contributed by atoms with E-state index in [0.29, 0.717) is 37.9 Å². The van der Waals surface area contributed by atoms with Gasteiger partial charge in [-0.05, 0) is 25.0 Å². The molecule has 2 heterocycles. The summed E-state index contributed by atoms with van der Waals surface area (Å²) >= 11 is 0. The molecule has 2 aromatic rings. The molecule has 0 unspecified atom stereocenters. The highest BCUT2D eigenvalue weighted by Gasteiger charge is 2.40. The predicted molar refractivity (Wildman–Crippen MR) is 92.8 cm³/mol. The zero-order valence-corrected chi connectivity index (χ0v) is 14.5. The van der Waals surface area contributed by atoms with Crippen LogP contribution in [0.5, 0.6) is 0 Å². The van der Waals surface area contributed by atoms with Crippen LogP contribution in [-0.2, 0) is 4.74 Å². The van der Waals surface area contributed by atoms with Crippen molar-refractivity contribution in [2.45, 2.75) is 25.4 Å². The van der Waals surface area contributed by atoms with Crippen molar-refractivity contribution in [3.05, 3.63) is 41.8 Å². The number of nitrogens with zero attached hydrogens (tertiary/aromatic N) is 2. The summed E-state index contributed by atoms with van der Waals surface area (Å²) in [7, 11) is 1.61. The van der Waals surface area contributed by atoms with Gasteiger partial charge in [-0.1, -0.05) is 25.1 Å². The first kappa shape index (κ1) is 17.8. The van der Waals surface area contributed by atoms with E-state index in [1.54, 1.807) is 36.3 Å². The number of piperidine rings is 1. The van der Waals surface area contributed by atoms with Crippen molar-refractivity contribution in [1.29, 1.82) is 0 Å². The molecule has 0 radical (unpaired) electrons. The predicted octanol–water partition coefficient (Wildman–Crippen LogP) is 2.62. The summed E-state index contributed by atoms with van der Waals surface area (Å²) in [4.78, 5) is 18.7. The van der Waals surface area contributed by atoms with Crippen LogP contribution in [0.3, 0.4) is 0 Å². The smallest absolute Gasteiger partial charge is 0.272 e. The summed E-state index contributed by atoms with van der Waals surface area (Å²) in [5.41, 5.74) is -0.391. The van der Waals surface area contributed by atoms with Gasteiger partial charge < -0.3 is 14.7 Å². The van der Waals surface area contributed by atoms with Crippen LogP contribution in [-0.4, -0.2) is 53.3 Å². The quantitative estimate of drug-likeness (QED) is 0.924. The Labute approximate surface area is 146 Å². The number of aliphatic hydroxyl groups is 1. The van der Waals surface area contributed by atoms with Crippen molar-refractivity contribution in [3.63, 3.8) is 0 Å². The molecular weight excluding hydrogens is 323 g/mol. The van der Waals surface area contributed by atoms with Gasteiger partial charge in [0.1, 0.15) is 17.0 Å². The van der Waals surface area contributed by atoms with E-state index in [-0.39, 0.29) is 23.0 Å². The molecule has 1 N–H and O–H groups in total. The number of rotatable bonds is 4. The molecule has 1 aliphatic rings. The van der Waals surface area contributed by atoms with Crippen molar-refractivity contribution in [2.24, 2.45) is 5.92 Å². The molecule has 1 saturated heterocycles. The van der Waals surface area contributed by atoms with Gasteiger partial charge in [-0.3, -0.25) is 4.79 Å². The van der Waals surface area contributed by atoms with E-state index in [4.69, 9.17) is 4.74 Å². The zero-order chi connectivity index (χ0) is 18.0. The van der Waals surface area contributed by atoms with Gasteiger partial charge >= 0.3 is 0 Å². The third-order valence-electron chi connectivity index (χ3n) is 5.14. The number of benzene rings is 1. The first-order chi connectivity index (χ1) is 11.9. The molecule has 1 aromatic heterocycles. The van der Waals surface area contributed by atoms with Gasteiger partial charge in [0.2, 0.25) is 0 Å². The Bertz CT molecular complexity index is 782. The van der Waals surface area contributed by atoms with E-state index in [1.807, 2.05) is 6.92 Å². The lowest BCUT2D eigenvalue weighted by atomic mass is 9.80. The van der Waals surface area contributed by atoms with Gasteiger partial charge in [0, 0.05) is 38.1 Å². The monoisotopic (exact) mass is 346 g/mol. The molecule has 0 spiro atoms. The van der Waals surface area contributed by atoms with Crippen molar-refractivity contribution in [2.75, 3.05) is 26.8 Å². The summed E-state index contributed by atoms with van der Waals surface area (Å²) in [6, 6.07) is 8.05. The van der Waals surface area contributed by atoms with E-state index < -0.39 is 11.4 Å². The highest BCUT2D eigenvalue weighted by atomic mass is 19.1. The Morgan fingerprint density at radius 3 is 2.96 bits per heavy atom. The molecule has 6 heteroatoms. The second-order valence-corrected chi connectivity index (χ2v) is 6.76. The summed E-state index contributed by atoms with van der Waals surface area (Å²) < 4.78 is 19.0. The molecular formula is C19H23FN2O3. The Kier molecular flexibility index (Phi) is 5.01. The van der Waals surface area contributed by atoms with Crippen LogP contribution in [0.4, 0.5) is 4.39 Å². The lowest BCUT2D eigenvalue weighted by Gasteiger charge is -2.43. The fraction of sp³-hybridized carbons (Fsp3) is 0.474. The number of fused-ring (bicyclic) bond motifs is 1. The highest BCUT2D eigenvalue weighted by Crippen LogP contribution is 2.31. The number of amides is 1. The number of ether oxygens (including phenoxy) is 1. The van der Waals surface area contributed by atoms with E-state index in [9.17, 15) is 14.3 Å². The van der Waals surface area contributed by atoms with Crippen LogP contribution in [0, 0.1) is 11.7 Å². The summed E-state index contributed by atoms with van der Waals surface area (Å²) in [6.45, 7) is 3.30. The molecule has 5 nitrogen and oxygen atoms in total. The minimum Gasteiger partial charge on any atom is -0.389 e. The van der Waals surface area contributed by atoms with Crippen LogP contribution >= 0.6 is 0 Å². The fourth-order valence-corrected chi connectivity index (χ4v) is 3.39. The Morgan fingerprint density at radius 2 is 2.24 bits per heavy atom. The average Bonchev–Trinajstić information content (AvgIpc) is 2.62. The van der Waals surface area contributed by atoms with Crippen molar-refractivity contribution < 1.29 is 19.0 Å². The molecule has 0 saturated carbocycles. The minimum atomic E-state index is -0.824. The van der Waals surface area contributed by atoms with Gasteiger partial charge in [-0.2, -0.15) is 0 Å². The third-order valence-corrected chi connectivity index (χ3v) is 5.14. The summed E-state index contributed by atoms with van der Waals surface area (Å²) in [5.74, 6) is -0.739. The molecule has 0 bridgehead atoms. The largest absolute Gasteiger partial charge is 0.389 e. The average molecular weight is 346 g/mol. The van der Waals surface area contributed by atoms with Gasteiger partial charge in [-0.25, -0.2) is 9.37 Å². The molecule has 25 heavy (non-hydrogen) atoms. The van der Waals surface area contributed by atoms with Crippen LogP contribution < -0.4 is 0 Å². The van der Waals surface area contributed by atoms with E-state index in [2.05, 4.69) is 4.98 Å². The number of halogens is 1. The number of hydrogen-bond donors (Lipinski definition) is 1. The standard InChI is InChI=1S/C19H23FN2O3/c1-13-12-22(10-8-19(13,24)9-11-25-2)18(23)16-7-6-14-4-3-5-15(20)17(14)21-16/h3-7,13,24H,8-12H2,1-2H3/t13-,19-/m1/s1. The summed E-state index contributed by atoms with van der Waals surface area (Å²) in [5, 5.41) is 11.4. The maximum Gasteiger partial charge on any atom is 0.272 e. The lowest BCUT2D eigenvalue weighted by molar-refractivity contribution is -0.0750. The first-order valence-electron chi connectivity index (χ1n) is 8.50. The van der Waals surface area contributed by atoms with Crippen molar-refractivity contribution >= 4 is 16.8 Å². The number of pyridine rings is 1. The molecule has 134 valence electrons.